The zero-order valence-electron chi connectivity index (χ0n) is 20.1. The van der Waals surface area contributed by atoms with Crippen molar-refractivity contribution < 1.29 is 0 Å². The lowest BCUT2D eigenvalue weighted by Gasteiger charge is -2.25. The van der Waals surface area contributed by atoms with Crippen LogP contribution in [-0.2, 0) is 0 Å². The minimum atomic E-state index is -0.0385. The Hall–Kier alpha value is -3.04. The molecule has 3 aromatic carbocycles. The van der Waals surface area contributed by atoms with Crippen molar-refractivity contribution in [3.63, 3.8) is 0 Å². The van der Waals surface area contributed by atoms with Gasteiger partial charge in [-0.05, 0) is 40.2 Å². The first-order valence-corrected chi connectivity index (χ1v) is 12.8. The number of benzene rings is 3. The number of nitrogens with zero attached hydrogens (tertiary/aromatic N) is 2. The summed E-state index contributed by atoms with van der Waals surface area (Å²) >= 11 is 3.70. The van der Waals surface area contributed by atoms with E-state index in [1.54, 1.807) is 0 Å². The highest BCUT2D eigenvalue weighted by atomic mass is 79.9. The van der Waals surface area contributed by atoms with Crippen LogP contribution in [0.3, 0.4) is 0 Å². The number of aliphatic imine (C=N–C) groups is 2. The maximum Gasteiger partial charge on any atom is 0.101 e. The van der Waals surface area contributed by atoms with Crippen LogP contribution < -0.4 is 0 Å². The maximum absolute atomic E-state index is 5.48. The standard InChI is InChI=1S/C31H29BrN2/c1-19(2)21-15-9-16-22(20(3)4)29(21)34-31-26-14-8-6-12-24(26)23-11-5-7-13-25(23)30(31)33-28-18-10-17-27(28)32/h5-20,28H,1-4H3/b33-30+,34-31+. The maximum atomic E-state index is 5.48. The molecule has 3 heteroatoms. The summed E-state index contributed by atoms with van der Waals surface area (Å²) < 4.78 is 1.07. The number of para-hydroxylation sites is 1. The Morgan fingerprint density at radius 1 is 0.676 bits per heavy atom. The molecular formula is C31H29BrN2. The molecule has 2 aliphatic carbocycles. The van der Waals surface area contributed by atoms with Gasteiger partial charge in [0.25, 0.3) is 0 Å². The Labute approximate surface area is 211 Å². The molecule has 0 radical (unpaired) electrons. The highest BCUT2D eigenvalue weighted by molar-refractivity contribution is 9.11. The molecule has 0 aromatic heterocycles. The minimum absolute atomic E-state index is 0.0385. The quantitative estimate of drug-likeness (QED) is 0.336. The second kappa shape index (κ2) is 9.31. The Bertz CT molecular complexity index is 1350. The third-order valence-corrected chi connectivity index (χ3v) is 7.28. The Morgan fingerprint density at radius 2 is 1.21 bits per heavy atom. The van der Waals surface area contributed by atoms with Crippen molar-refractivity contribution in [2.24, 2.45) is 9.98 Å². The van der Waals surface area contributed by atoms with Crippen molar-refractivity contribution in [3.8, 4) is 11.1 Å². The number of fused-ring (bicyclic) bond motifs is 3. The molecule has 5 rings (SSSR count). The molecule has 0 aliphatic heterocycles. The first-order chi connectivity index (χ1) is 16.5. The average molecular weight is 509 g/mol. The lowest BCUT2D eigenvalue weighted by atomic mass is 9.82. The zero-order valence-corrected chi connectivity index (χ0v) is 21.7. The fourth-order valence-corrected chi connectivity index (χ4v) is 5.20. The van der Waals surface area contributed by atoms with Gasteiger partial charge in [0.2, 0.25) is 0 Å². The summed E-state index contributed by atoms with van der Waals surface area (Å²) in [4.78, 5) is 10.7. The number of rotatable bonds is 4. The van der Waals surface area contributed by atoms with E-state index in [-0.39, 0.29) is 6.04 Å². The van der Waals surface area contributed by atoms with Gasteiger partial charge in [-0.25, -0.2) is 4.99 Å². The summed E-state index contributed by atoms with van der Waals surface area (Å²) in [5.74, 6) is 0.749. The van der Waals surface area contributed by atoms with Crippen LogP contribution in [0.4, 0.5) is 5.69 Å². The van der Waals surface area contributed by atoms with Crippen molar-refractivity contribution in [2.75, 3.05) is 0 Å². The van der Waals surface area contributed by atoms with E-state index in [1.807, 2.05) is 0 Å². The summed E-state index contributed by atoms with van der Waals surface area (Å²) in [5.41, 5.74) is 10.2. The third-order valence-electron chi connectivity index (χ3n) is 6.54. The second-order valence-corrected chi connectivity index (χ2v) is 10.4. The summed E-state index contributed by atoms with van der Waals surface area (Å²) in [5, 5.41) is 0. The summed E-state index contributed by atoms with van der Waals surface area (Å²) in [6.07, 6.45) is 6.25. The largest absolute Gasteiger partial charge is 0.270 e. The molecule has 1 atom stereocenters. The minimum Gasteiger partial charge on any atom is -0.270 e. The van der Waals surface area contributed by atoms with E-state index in [0.29, 0.717) is 11.8 Å². The van der Waals surface area contributed by atoms with Crippen LogP contribution in [0.2, 0.25) is 0 Å². The van der Waals surface area contributed by atoms with E-state index in [2.05, 4.69) is 129 Å². The van der Waals surface area contributed by atoms with Crippen LogP contribution in [0.1, 0.15) is 61.8 Å². The van der Waals surface area contributed by atoms with Gasteiger partial charge in [-0.15, -0.1) is 0 Å². The number of hydrogen-bond donors (Lipinski definition) is 0. The average Bonchev–Trinajstić information content (AvgIpc) is 3.25. The first-order valence-electron chi connectivity index (χ1n) is 12.0. The van der Waals surface area contributed by atoms with Crippen molar-refractivity contribution in [1.82, 2.24) is 0 Å². The van der Waals surface area contributed by atoms with Gasteiger partial charge in [0.1, 0.15) is 6.04 Å². The molecule has 0 fully saturated rings. The topological polar surface area (TPSA) is 24.7 Å². The molecule has 0 saturated carbocycles. The smallest absolute Gasteiger partial charge is 0.101 e. The number of halogens is 1. The molecule has 170 valence electrons. The summed E-state index contributed by atoms with van der Waals surface area (Å²) in [7, 11) is 0. The van der Waals surface area contributed by atoms with Gasteiger partial charge in [0, 0.05) is 15.6 Å². The van der Waals surface area contributed by atoms with Gasteiger partial charge < -0.3 is 0 Å². The molecule has 0 N–H and O–H groups in total. The first kappa shape index (κ1) is 22.7. The SMILES string of the molecule is CC(C)c1cccc(C(C)C)c1/N=C1/C(=N/C2C=CC=C2Br)c2ccccc2-c2ccccc21. The molecule has 2 nitrogen and oxygen atoms in total. The van der Waals surface area contributed by atoms with Crippen LogP contribution in [0.15, 0.2) is 99.4 Å². The van der Waals surface area contributed by atoms with Gasteiger partial charge in [-0.3, -0.25) is 4.99 Å². The molecule has 2 aliphatic rings. The Kier molecular flexibility index (Phi) is 6.22. The number of allylic oxidation sites excluding steroid dienone is 2. The van der Waals surface area contributed by atoms with Crippen molar-refractivity contribution in [1.29, 1.82) is 0 Å². The van der Waals surface area contributed by atoms with Crippen LogP contribution in [-0.4, -0.2) is 17.5 Å². The molecular weight excluding hydrogens is 480 g/mol. The van der Waals surface area contributed by atoms with E-state index in [4.69, 9.17) is 9.98 Å². The van der Waals surface area contributed by atoms with Crippen LogP contribution in [0.5, 0.6) is 0 Å². The lowest BCUT2D eigenvalue weighted by molar-refractivity contribution is 0.835. The normalized spacial score (nSPS) is 19.1. The predicted molar refractivity (Wildman–Crippen MR) is 149 cm³/mol. The van der Waals surface area contributed by atoms with E-state index in [0.717, 1.165) is 32.7 Å². The van der Waals surface area contributed by atoms with Gasteiger partial charge in [0.05, 0.1) is 17.1 Å². The van der Waals surface area contributed by atoms with E-state index < -0.39 is 0 Å². The molecule has 0 spiro atoms. The van der Waals surface area contributed by atoms with Crippen LogP contribution in [0, 0.1) is 0 Å². The molecule has 3 aromatic rings. The molecule has 34 heavy (non-hydrogen) atoms. The monoisotopic (exact) mass is 508 g/mol. The second-order valence-electron chi connectivity index (χ2n) is 9.51. The fraction of sp³-hybridized carbons (Fsp3) is 0.226. The van der Waals surface area contributed by atoms with Crippen LogP contribution >= 0.6 is 15.9 Å². The van der Waals surface area contributed by atoms with E-state index in [9.17, 15) is 0 Å². The van der Waals surface area contributed by atoms with Crippen LogP contribution in [0.25, 0.3) is 11.1 Å². The molecule has 0 saturated heterocycles. The molecule has 0 amide bonds. The van der Waals surface area contributed by atoms with Gasteiger partial charge in [-0.1, -0.05) is 123 Å². The van der Waals surface area contributed by atoms with Crippen molar-refractivity contribution in [2.45, 2.75) is 45.6 Å². The predicted octanol–water partition coefficient (Wildman–Crippen LogP) is 8.74. The van der Waals surface area contributed by atoms with Gasteiger partial charge in [0.15, 0.2) is 0 Å². The van der Waals surface area contributed by atoms with Crippen molar-refractivity contribution in [3.05, 3.63) is 112 Å². The fourth-order valence-electron chi connectivity index (χ4n) is 4.79. The third kappa shape index (κ3) is 4.03. The zero-order chi connectivity index (χ0) is 23.8. The number of hydrogen-bond acceptors (Lipinski definition) is 2. The molecule has 1 unspecified atom stereocenters. The van der Waals surface area contributed by atoms with Gasteiger partial charge >= 0.3 is 0 Å². The molecule has 0 bridgehead atoms. The van der Waals surface area contributed by atoms with E-state index >= 15 is 0 Å². The van der Waals surface area contributed by atoms with Crippen molar-refractivity contribution >= 4 is 33.0 Å². The highest BCUT2D eigenvalue weighted by Gasteiger charge is 2.29. The Morgan fingerprint density at radius 3 is 1.71 bits per heavy atom. The Balaban J connectivity index is 1.84. The van der Waals surface area contributed by atoms with Gasteiger partial charge in [-0.2, -0.15) is 0 Å². The molecule has 0 heterocycles. The lowest BCUT2D eigenvalue weighted by Crippen LogP contribution is -2.25. The summed E-state index contributed by atoms with van der Waals surface area (Å²) in [6, 6.07) is 23.7. The summed E-state index contributed by atoms with van der Waals surface area (Å²) in [6.45, 7) is 8.97. The highest BCUT2D eigenvalue weighted by Crippen LogP contribution is 2.39. The van der Waals surface area contributed by atoms with E-state index in [1.165, 1.54) is 22.3 Å².